The summed E-state index contributed by atoms with van der Waals surface area (Å²) in [6.45, 7) is 5.28. The number of carbonyl (C=O) groups is 4. The van der Waals surface area contributed by atoms with Crippen molar-refractivity contribution in [2.24, 2.45) is 17.1 Å². The number of nitrogens with zero attached hydrogens (tertiary/aromatic N) is 1. The monoisotopic (exact) mass is 284 g/mol. The summed E-state index contributed by atoms with van der Waals surface area (Å²) in [6, 6.07) is -1.33. The number of hydrogen-bond acceptors (Lipinski definition) is 4. The molecule has 3 N–H and O–H groups in total. The van der Waals surface area contributed by atoms with Crippen LogP contribution in [0.3, 0.4) is 0 Å². The molecule has 0 aliphatic carbocycles. The van der Waals surface area contributed by atoms with Gasteiger partial charge >= 0.3 is 5.97 Å². The van der Waals surface area contributed by atoms with E-state index in [1.165, 1.54) is 0 Å². The topological polar surface area (TPSA) is 118 Å². The van der Waals surface area contributed by atoms with E-state index >= 15 is 0 Å². The van der Waals surface area contributed by atoms with Crippen molar-refractivity contribution >= 4 is 23.7 Å². The summed E-state index contributed by atoms with van der Waals surface area (Å²) < 4.78 is 0. The van der Waals surface area contributed by atoms with Crippen LogP contribution in [0.15, 0.2) is 0 Å². The first-order valence-corrected chi connectivity index (χ1v) is 6.49. The highest BCUT2D eigenvalue weighted by Crippen LogP contribution is 2.40. The largest absolute Gasteiger partial charge is 0.480 e. The fourth-order valence-electron chi connectivity index (χ4n) is 2.27. The van der Waals surface area contributed by atoms with Gasteiger partial charge in [0.15, 0.2) is 0 Å². The van der Waals surface area contributed by atoms with Gasteiger partial charge in [0.05, 0.1) is 5.41 Å². The molecular formula is C13H20N2O5. The number of aliphatic carboxylic acids is 1. The molecule has 1 aliphatic heterocycles. The molecule has 7 nitrogen and oxygen atoms in total. The van der Waals surface area contributed by atoms with Crippen molar-refractivity contribution in [1.82, 2.24) is 4.90 Å². The van der Waals surface area contributed by atoms with E-state index in [1.807, 2.05) is 13.8 Å². The predicted molar refractivity (Wildman–Crippen MR) is 69.3 cm³/mol. The standard InChI is InChI=1S/C13H20N2O5/c1-7(2)13(3)6-10(17)15(12(13)20)8(11(18)19)4-5-9(14)16/h7-8H,4-6H2,1-3H3,(H2,14,16)(H,18,19). The molecular weight excluding hydrogens is 264 g/mol. The Morgan fingerprint density at radius 1 is 1.40 bits per heavy atom. The van der Waals surface area contributed by atoms with Crippen LogP contribution in [0, 0.1) is 11.3 Å². The van der Waals surface area contributed by atoms with Gasteiger partial charge in [0.25, 0.3) is 0 Å². The van der Waals surface area contributed by atoms with E-state index in [0.29, 0.717) is 0 Å². The van der Waals surface area contributed by atoms with Crippen molar-refractivity contribution in [3.63, 3.8) is 0 Å². The molecule has 20 heavy (non-hydrogen) atoms. The first-order valence-electron chi connectivity index (χ1n) is 6.49. The maximum absolute atomic E-state index is 12.4. The summed E-state index contributed by atoms with van der Waals surface area (Å²) in [5.41, 5.74) is 4.10. The summed E-state index contributed by atoms with van der Waals surface area (Å²) >= 11 is 0. The number of nitrogens with two attached hydrogens (primary N) is 1. The second kappa shape index (κ2) is 5.60. The van der Waals surface area contributed by atoms with Crippen LogP contribution in [-0.2, 0) is 19.2 Å². The molecule has 1 aliphatic rings. The van der Waals surface area contributed by atoms with Gasteiger partial charge in [-0.05, 0) is 19.3 Å². The molecule has 0 saturated carbocycles. The highest BCUT2D eigenvalue weighted by Gasteiger charge is 2.53. The van der Waals surface area contributed by atoms with E-state index in [0.717, 1.165) is 4.90 Å². The number of carboxylic acids is 1. The lowest BCUT2D eigenvalue weighted by atomic mass is 9.78. The Morgan fingerprint density at radius 2 is 1.95 bits per heavy atom. The maximum Gasteiger partial charge on any atom is 0.326 e. The Kier molecular flexibility index (Phi) is 4.52. The molecule has 0 aromatic rings. The van der Waals surface area contributed by atoms with Crippen LogP contribution in [0.5, 0.6) is 0 Å². The van der Waals surface area contributed by atoms with Gasteiger partial charge in [0, 0.05) is 12.8 Å². The number of imide groups is 1. The smallest absolute Gasteiger partial charge is 0.326 e. The lowest BCUT2D eigenvalue weighted by Gasteiger charge is -2.28. The first-order chi connectivity index (χ1) is 9.11. The zero-order valence-corrected chi connectivity index (χ0v) is 11.9. The third-order valence-corrected chi connectivity index (χ3v) is 4.03. The number of amides is 3. The first kappa shape index (κ1) is 16.1. The molecule has 1 saturated heterocycles. The highest BCUT2D eigenvalue weighted by atomic mass is 16.4. The van der Waals surface area contributed by atoms with Crippen LogP contribution in [0.1, 0.15) is 40.0 Å². The fourth-order valence-corrected chi connectivity index (χ4v) is 2.27. The minimum Gasteiger partial charge on any atom is -0.480 e. The van der Waals surface area contributed by atoms with Gasteiger partial charge in [-0.15, -0.1) is 0 Å². The number of primary amides is 1. The predicted octanol–water partition coefficient (Wildman–Crippen LogP) is 0.126. The second-order valence-electron chi connectivity index (χ2n) is 5.68. The third kappa shape index (κ3) is 2.81. The molecule has 1 heterocycles. The number of carbonyl (C=O) groups excluding carboxylic acids is 3. The highest BCUT2D eigenvalue weighted by molar-refractivity contribution is 6.08. The number of hydrogen-bond donors (Lipinski definition) is 2. The Balaban J connectivity index is 3.03. The quantitative estimate of drug-likeness (QED) is 0.672. The van der Waals surface area contributed by atoms with E-state index < -0.39 is 35.1 Å². The Bertz CT molecular complexity index is 460. The van der Waals surface area contributed by atoms with Gasteiger partial charge < -0.3 is 10.8 Å². The fraction of sp³-hybridized carbons (Fsp3) is 0.692. The lowest BCUT2D eigenvalue weighted by molar-refractivity contribution is -0.156. The van der Waals surface area contributed by atoms with Crippen LogP contribution < -0.4 is 5.73 Å². The average Bonchev–Trinajstić information content (AvgIpc) is 2.53. The second-order valence-corrected chi connectivity index (χ2v) is 5.68. The Labute approximate surface area is 117 Å². The van der Waals surface area contributed by atoms with E-state index in [2.05, 4.69) is 0 Å². The molecule has 0 aromatic carbocycles. The zero-order chi connectivity index (χ0) is 15.7. The lowest BCUT2D eigenvalue weighted by Crippen LogP contribution is -2.47. The minimum atomic E-state index is -1.33. The van der Waals surface area contributed by atoms with Gasteiger partial charge in [-0.25, -0.2) is 4.79 Å². The van der Waals surface area contributed by atoms with Crippen molar-refractivity contribution in [2.45, 2.75) is 46.1 Å². The zero-order valence-electron chi connectivity index (χ0n) is 11.9. The number of likely N-dealkylation sites (tertiary alicyclic amines) is 1. The summed E-state index contributed by atoms with van der Waals surface area (Å²) in [4.78, 5) is 47.3. The minimum absolute atomic E-state index is 0.0101. The Morgan fingerprint density at radius 3 is 2.30 bits per heavy atom. The van der Waals surface area contributed by atoms with E-state index in [9.17, 15) is 24.3 Å². The summed E-state index contributed by atoms with van der Waals surface area (Å²) in [6.07, 6.45) is -0.355. The van der Waals surface area contributed by atoms with E-state index in [1.54, 1.807) is 6.92 Å². The molecule has 0 bridgehead atoms. The molecule has 0 radical (unpaired) electrons. The normalized spacial score (nSPS) is 24.3. The van der Waals surface area contributed by atoms with Gasteiger partial charge in [0.2, 0.25) is 17.7 Å². The molecule has 7 heteroatoms. The van der Waals surface area contributed by atoms with Crippen molar-refractivity contribution in [3.8, 4) is 0 Å². The van der Waals surface area contributed by atoms with Crippen molar-refractivity contribution in [2.75, 3.05) is 0 Å². The molecule has 2 unspecified atom stereocenters. The van der Waals surface area contributed by atoms with E-state index in [4.69, 9.17) is 5.73 Å². The molecule has 1 fully saturated rings. The van der Waals surface area contributed by atoms with E-state index in [-0.39, 0.29) is 25.2 Å². The van der Waals surface area contributed by atoms with Crippen LogP contribution >= 0.6 is 0 Å². The molecule has 2 atom stereocenters. The maximum atomic E-state index is 12.4. The molecule has 0 aromatic heterocycles. The van der Waals surface area contributed by atoms with Crippen molar-refractivity contribution in [3.05, 3.63) is 0 Å². The summed E-state index contributed by atoms with van der Waals surface area (Å²) in [5, 5.41) is 9.19. The molecule has 3 amide bonds. The van der Waals surface area contributed by atoms with Crippen molar-refractivity contribution in [1.29, 1.82) is 0 Å². The van der Waals surface area contributed by atoms with Crippen LogP contribution in [0.25, 0.3) is 0 Å². The summed E-state index contributed by atoms with van der Waals surface area (Å²) in [7, 11) is 0. The molecule has 112 valence electrons. The number of carboxylic acid groups (broad SMARTS) is 1. The van der Waals surface area contributed by atoms with Gasteiger partial charge in [-0.1, -0.05) is 13.8 Å². The molecule has 0 spiro atoms. The number of rotatable bonds is 6. The van der Waals surface area contributed by atoms with Crippen LogP contribution in [0.2, 0.25) is 0 Å². The third-order valence-electron chi connectivity index (χ3n) is 4.03. The van der Waals surface area contributed by atoms with Crippen LogP contribution in [0.4, 0.5) is 0 Å². The van der Waals surface area contributed by atoms with Crippen molar-refractivity contribution < 1.29 is 24.3 Å². The Hall–Kier alpha value is -1.92. The molecule has 1 rings (SSSR count). The van der Waals surface area contributed by atoms with Gasteiger partial charge in [-0.2, -0.15) is 0 Å². The SMILES string of the molecule is CC(C)C1(C)CC(=O)N(C(CCC(N)=O)C(=O)O)C1=O. The van der Waals surface area contributed by atoms with Gasteiger partial charge in [-0.3, -0.25) is 19.3 Å². The summed E-state index contributed by atoms with van der Waals surface area (Å²) in [5.74, 6) is -3.06. The van der Waals surface area contributed by atoms with Gasteiger partial charge in [0.1, 0.15) is 6.04 Å². The average molecular weight is 284 g/mol. The van der Waals surface area contributed by atoms with Crippen LogP contribution in [-0.4, -0.2) is 39.7 Å².